The molecule has 0 aliphatic heterocycles. The van der Waals surface area contributed by atoms with Crippen LogP contribution >= 0.6 is 0 Å². The fraction of sp³-hybridized carbons (Fsp3) is 0.429. The van der Waals surface area contributed by atoms with Gasteiger partial charge >= 0.3 is 6.18 Å². The first-order valence-corrected chi connectivity index (χ1v) is 12.5. The number of carbonyl (C=O) groups is 2. The Hall–Kier alpha value is -3.67. The molecule has 1 saturated carbocycles. The van der Waals surface area contributed by atoms with Crippen molar-refractivity contribution in [1.82, 2.24) is 9.55 Å². The quantitative estimate of drug-likeness (QED) is 0.402. The summed E-state index contributed by atoms with van der Waals surface area (Å²) in [6.07, 6.45) is 2.29. The highest BCUT2D eigenvalue weighted by atomic mass is 19.4. The van der Waals surface area contributed by atoms with Gasteiger partial charge in [0.1, 0.15) is 11.5 Å². The van der Waals surface area contributed by atoms with E-state index in [4.69, 9.17) is 5.26 Å². The largest absolute Gasteiger partial charge is 0.389 e. The zero-order valence-corrected chi connectivity index (χ0v) is 20.6. The molecule has 2 heterocycles. The van der Waals surface area contributed by atoms with E-state index in [0.29, 0.717) is 24.1 Å². The SMILES string of the molecule is Cn1cc(C2CCCCC(C(=O)CCC(F)(F)F)CC2)c2cc(NC(=O)c3cc(C#N)ccn3)ccc21. The van der Waals surface area contributed by atoms with Crippen LogP contribution in [0.25, 0.3) is 10.9 Å². The number of nitrogens with one attached hydrogen (secondary N) is 1. The number of benzene rings is 1. The lowest BCUT2D eigenvalue weighted by atomic mass is 9.80. The maximum absolute atomic E-state index is 12.7. The Bertz CT molecular complexity index is 1340. The van der Waals surface area contributed by atoms with E-state index < -0.39 is 24.9 Å². The van der Waals surface area contributed by atoms with Crippen LogP contribution in [0.4, 0.5) is 18.9 Å². The second-order valence-corrected chi connectivity index (χ2v) is 9.76. The number of aryl methyl sites for hydroxylation is 1. The molecule has 1 aliphatic rings. The van der Waals surface area contributed by atoms with Gasteiger partial charge in [0.25, 0.3) is 5.91 Å². The van der Waals surface area contributed by atoms with Gasteiger partial charge in [-0.3, -0.25) is 14.6 Å². The van der Waals surface area contributed by atoms with E-state index in [0.717, 1.165) is 42.1 Å². The van der Waals surface area contributed by atoms with E-state index in [1.54, 1.807) is 0 Å². The van der Waals surface area contributed by atoms with E-state index in [2.05, 4.69) is 16.5 Å². The van der Waals surface area contributed by atoms with Crippen molar-refractivity contribution >= 4 is 28.3 Å². The van der Waals surface area contributed by atoms with Gasteiger partial charge in [0.15, 0.2) is 0 Å². The molecule has 0 radical (unpaired) electrons. The maximum Gasteiger partial charge on any atom is 0.389 e. The molecule has 9 heteroatoms. The molecule has 1 amide bonds. The number of Topliss-reactive ketones (excluding diaryl/α,β-unsaturated/α-hetero) is 1. The number of carbonyl (C=O) groups excluding carboxylic acids is 2. The van der Waals surface area contributed by atoms with Crippen LogP contribution in [0.3, 0.4) is 0 Å². The topological polar surface area (TPSA) is 87.8 Å². The third-order valence-corrected chi connectivity index (χ3v) is 7.17. The molecule has 1 N–H and O–H groups in total. The van der Waals surface area contributed by atoms with Gasteiger partial charge in [-0.2, -0.15) is 18.4 Å². The summed E-state index contributed by atoms with van der Waals surface area (Å²) in [4.78, 5) is 29.3. The molecule has 37 heavy (non-hydrogen) atoms. The Balaban J connectivity index is 1.52. The summed E-state index contributed by atoms with van der Waals surface area (Å²) in [7, 11) is 1.95. The lowest BCUT2D eigenvalue weighted by Gasteiger charge is -2.24. The number of halogens is 3. The van der Waals surface area contributed by atoms with Crippen molar-refractivity contribution in [2.24, 2.45) is 13.0 Å². The average Bonchev–Trinajstić information content (AvgIpc) is 3.17. The van der Waals surface area contributed by atoms with Crippen LogP contribution in [0.2, 0.25) is 0 Å². The normalized spacial score (nSPS) is 18.6. The number of hydrogen-bond donors (Lipinski definition) is 1. The number of hydrogen-bond acceptors (Lipinski definition) is 4. The highest BCUT2D eigenvalue weighted by Gasteiger charge is 2.31. The molecule has 4 rings (SSSR count). The minimum absolute atomic E-state index is 0.147. The molecule has 1 fully saturated rings. The molecule has 1 aromatic carbocycles. The van der Waals surface area contributed by atoms with Gasteiger partial charge in [-0.05, 0) is 67.5 Å². The summed E-state index contributed by atoms with van der Waals surface area (Å²) in [5, 5.41) is 12.9. The number of pyridine rings is 1. The smallest absolute Gasteiger partial charge is 0.350 e. The molecule has 2 atom stereocenters. The monoisotopic (exact) mass is 510 g/mol. The van der Waals surface area contributed by atoms with Crippen LogP contribution < -0.4 is 5.32 Å². The fourth-order valence-electron chi connectivity index (χ4n) is 5.22. The summed E-state index contributed by atoms with van der Waals surface area (Å²) in [5.74, 6) is -0.858. The lowest BCUT2D eigenvalue weighted by Crippen LogP contribution is -2.20. The minimum Gasteiger partial charge on any atom is -0.350 e. The van der Waals surface area contributed by atoms with Crippen LogP contribution in [0.5, 0.6) is 0 Å². The average molecular weight is 511 g/mol. The number of amides is 1. The molecule has 2 aromatic heterocycles. The van der Waals surface area contributed by atoms with E-state index in [9.17, 15) is 22.8 Å². The van der Waals surface area contributed by atoms with Crippen molar-refractivity contribution in [3.63, 3.8) is 0 Å². The molecule has 194 valence electrons. The first kappa shape index (κ1) is 26.4. The zero-order chi connectivity index (χ0) is 26.6. The predicted octanol–water partition coefficient (Wildman–Crippen LogP) is 6.66. The van der Waals surface area contributed by atoms with E-state index >= 15 is 0 Å². The zero-order valence-electron chi connectivity index (χ0n) is 20.6. The maximum atomic E-state index is 12.7. The molecule has 0 bridgehead atoms. The number of ketones is 1. The molecular formula is C28H29F3N4O2. The van der Waals surface area contributed by atoms with Crippen molar-refractivity contribution < 1.29 is 22.8 Å². The molecule has 0 saturated heterocycles. The van der Waals surface area contributed by atoms with E-state index in [-0.39, 0.29) is 23.3 Å². The Kier molecular flexibility index (Phi) is 7.96. The van der Waals surface area contributed by atoms with Crippen LogP contribution in [-0.4, -0.2) is 27.4 Å². The van der Waals surface area contributed by atoms with Crippen LogP contribution in [0, 0.1) is 17.2 Å². The molecular weight excluding hydrogens is 481 g/mol. The summed E-state index contributed by atoms with van der Waals surface area (Å²) >= 11 is 0. The van der Waals surface area contributed by atoms with E-state index in [1.165, 1.54) is 18.3 Å². The Morgan fingerprint density at radius 1 is 1.14 bits per heavy atom. The number of aromatic nitrogens is 2. The minimum atomic E-state index is -4.32. The lowest BCUT2D eigenvalue weighted by molar-refractivity contribution is -0.145. The van der Waals surface area contributed by atoms with Gasteiger partial charge in [-0.15, -0.1) is 0 Å². The molecule has 6 nitrogen and oxygen atoms in total. The van der Waals surface area contributed by atoms with Crippen LogP contribution in [0.1, 0.15) is 78.9 Å². The van der Waals surface area contributed by atoms with E-state index in [1.807, 2.05) is 35.9 Å². The predicted molar refractivity (Wildman–Crippen MR) is 134 cm³/mol. The van der Waals surface area contributed by atoms with Crippen molar-refractivity contribution in [2.75, 3.05) is 5.32 Å². The highest BCUT2D eigenvalue weighted by molar-refractivity contribution is 6.04. The Morgan fingerprint density at radius 2 is 1.92 bits per heavy atom. The first-order chi connectivity index (χ1) is 17.6. The third kappa shape index (κ3) is 6.56. The number of nitriles is 1. The van der Waals surface area contributed by atoms with Crippen molar-refractivity contribution in [3.05, 3.63) is 59.5 Å². The van der Waals surface area contributed by atoms with Crippen molar-refractivity contribution in [2.45, 2.75) is 63.5 Å². The van der Waals surface area contributed by atoms with Crippen molar-refractivity contribution in [1.29, 1.82) is 5.26 Å². The van der Waals surface area contributed by atoms with Gasteiger partial charge < -0.3 is 9.88 Å². The van der Waals surface area contributed by atoms with Crippen LogP contribution in [0.15, 0.2) is 42.7 Å². The Labute approximate surface area is 213 Å². The number of alkyl halides is 3. The first-order valence-electron chi connectivity index (χ1n) is 12.5. The molecule has 0 spiro atoms. The number of anilines is 1. The Morgan fingerprint density at radius 3 is 2.68 bits per heavy atom. The summed E-state index contributed by atoms with van der Waals surface area (Å²) in [5.41, 5.74) is 3.20. The third-order valence-electron chi connectivity index (χ3n) is 7.17. The molecule has 3 aromatic rings. The second kappa shape index (κ2) is 11.2. The summed E-state index contributed by atoms with van der Waals surface area (Å²) < 4.78 is 39.9. The summed E-state index contributed by atoms with van der Waals surface area (Å²) in [6, 6.07) is 10.6. The number of nitrogens with zero attached hydrogens (tertiary/aromatic N) is 3. The van der Waals surface area contributed by atoms with Gasteiger partial charge in [0, 0.05) is 48.4 Å². The standard InChI is InChI=1S/C28H29F3N4O2/c1-35-17-23(19-4-2-3-5-20(7-6-19)26(36)10-12-28(29,30)31)22-15-21(8-9-25(22)35)34-27(37)24-14-18(16-32)11-13-33-24/h8-9,11,13-15,17,19-20H,2-7,10,12H2,1H3,(H,34,37). The fourth-order valence-corrected chi connectivity index (χ4v) is 5.22. The second-order valence-electron chi connectivity index (χ2n) is 9.76. The van der Waals surface area contributed by atoms with Gasteiger partial charge in [-0.25, -0.2) is 0 Å². The number of rotatable bonds is 6. The van der Waals surface area contributed by atoms with Crippen molar-refractivity contribution in [3.8, 4) is 6.07 Å². The van der Waals surface area contributed by atoms with Gasteiger partial charge in [0.2, 0.25) is 0 Å². The van der Waals surface area contributed by atoms with Crippen LogP contribution in [-0.2, 0) is 11.8 Å². The highest BCUT2D eigenvalue weighted by Crippen LogP contribution is 2.38. The summed E-state index contributed by atoms with van der Waals surface area (Å²) in [6.45, 7) is 0. The molecule has 1 aliphatic carbocycles. The van der Waals surface area contributed by atoms with Gasteiger partial charge in [-0.1, -0.05) is 12.8 Å². The van der Waals surface area contributed by atoms with Gasteiger partial charge in [0.05, 0.1) is 18.1 Å². The molecule has 2 unspecified atom stereocenters. The number of fused-ring (bicyclic) bond motifs is 1.